The van der Waals surface area contributed by atoms with Gasteiger partial charge in [-0.2, -0.15) is 0 Å². The molecular weight excluding hydrogens is 362 g/mol. The van der Waals surface area contributed by atoms with Gasteiger partial charge < -0.3 is 15.1 Å². The number of rotatable bonds is 4. The maximum Gasteiger partial charge on any atom is 0.258 e. The molecule has 0 radical (unpaired) electrons. The summed E-state index contributed by atoms with van der Waals surface area (Å²) in [5.74, 6) is 0.310. The number of hydrogen-bond donors (Lipinski definition) is 1. The van der Waals surface area contributed by atoms with E-state index in [-0.39, 0.29) is 5.91 Å². The van der Waals surface area contributed by atoms with Crippen molar-refractivity contribution in [1.82, 2.24) is 14.9 Å². The zero-order valence-electron chi connectivity index (χ0n) is 16.8. The number of nitrogens with one attached hydrogen (secondary N) is 1. The number of likely N-dealkylation sites (N-methyl/N-ethyl adjacent to an activating group) is 1. The molecule has 0 saturated carbocycles. The Hall–Kier alpha value is -3.25. The van der Waals surface area contributed by atoms with Gasteiger partial charge in [0.15, 0.2) is 0 Å². The Balaban J connectivity index is 1.46. The number of nitrogens with zero attached hydrogens (tertiary/aromatic N) is 4. The molecule has 29 heavy (non-hydrogen) atoms. The van der Waals surface area contributed by atoms with Gasteiger partial charge in [0, 0.05) is 55.5 Å². The molecule has 3 aromatic rings. The average molecular weight is 387 g/mol. The number of hydrogen-bond acceptors (Lipinski definition) is 5. The van der Waals surface area contributed by atoms with Gasteiger partial charge in [0.05, 0.1) is 5.56 Å². The summed E-state index contributed by atoms with van der Waals surface area (Å²) in [6.45, 7) is 6.13. The molecule has 6 heteroatoms. The first-order valence-electron chi connectivity index (χ1n) is 9.82. The molecule has 1 aliphatic rings. The molecule has 148 valence electrons. The Morgan fingerprint density at radius 1 is 0.931 bits per heavy atom. The van der Waals surface area contributed by atoms with Crippen molar-refractivity contribution in [2.24, 2.45) is 0 Å². The second-order valence-electron chi connectivity index (χ2n) is 7.42. The number of amides is 1. The van der Waals surface area contributed by atoms with E-state index in [0.29, 0.717) is 11.4 Å². The van der Waals surface area contributed by atoms with Gasteiger partial charge in [0.25, 0.3) is 5.91 Å². The number of aryl methyl sites for hydroxylation is 1. The van der Waals surface area contributed by atoms with Crippen LogP contribution in [0.25, 0.3) is 11.1 Å². The predicted octanol–water partition coefficient (Wildman–Crippen LogP) is 3.46. The highest BCUT2D eigenvalue weighted by Gasteiger charge is 2.14. The maximum atomic E-state index is 12.3. The summed E-state index contributed by atoms with van der Waals surface area (Å²) >= 11 is 0. The minimum atomic E-state index is -0.213. The van der Waals surface area contributed by atoms with Crippen molar-refractivity contribution in [3.63, 3.8) is 0 Å². The summed E-state index contributed by atoms with van der Waals surface area (Å²) in [6, 6.07) is 15.9. The highest BCUT2D eigenvalue weighted by atomic mass is 16.1. The molecule has 1 amide bonds. The quantitative estimate of drug-likeness (QED) is 0.743. The SMILES string of the molecule is Cc1ccc(C(=O)Nc2ccc(-c3cccc(N4CCN(C)CC4)c3)cn2)cn1. The minimum Gasteiger partial charge on any atom is -0.369 e. The van der Waals surface area contributed by atoms with Crippen LogP contribution in [-0.2, 0) is 0 Å². The maximum absolute atomic E-state index is 12.3. The van der Waals surface area contributed by atoms with Gasteiger partial charge in [0.1, 0.15) is 5.82 Å². The number of benzene rings is 1. The van der Waals surface area contributed by atoms with Crippen molar-refractivity contribution in [3.8, 4) is 11.1 Å². The molecule has 1 aliphatic heterocycles. The number of pyridine rings is 2. The fourth-order valence-corrected chi connectivity index (χ4v) is 3.38. The lowest BCUT2D eigenvalue weighted by Gasteiger charge is -2.34. The zero-order valence-corrected chi connectivity index (χ0v) is 16.8. The third-order valence-electron chi connectivity index (χ3n) is 5.23. The molecule has 3 heterocycles. The van der Waals surface area contributed by atoms with Gasteiger partial charge in [-0.15, -0.1) is 0 Å². The van der Waals surface area contributed by atoms with Crippen LogP contribution in [0.2, 0.25) is 0 Å². The van der Waals surface area contributed by atoms with Crippen molar-refractivity contribution >= 4 is 17.4 Å². The fourth-order valence-electron chi connectivity index (χ4n) is 3.38. The standard InChI is InChI=1S/C23H25N5O/c1-17-6-7-20(16-24-17)23(29)26-22-9-8-19(15-25-22)18-4-3-5-21(14-18)28-12-10-27(2)11-13-28/h3-9,14-16H,10-13H2,1-2H3,(H,25,26,29). The van der Waals surface area contributed by atoms with Crippen molar-refractivity contribution in [2.75, 3.05) is 43.4 Å². The van der Waals surface area contributed by atoms with Gasteiger partial charge in [-0.25, -0.2) is 4.98 Å². The lowest BCUT2D eigenvalue weighted by atomic mass is 10.1. The molecule has 1 fully saturated rings. The number of carbonyl (C=O) groups is 1. The zero-order chi connectivity index (χ0) is 20.2. The van der Waals surface area contributed by atoms with E-state index in [1.807, 2.05) is 25.1 Å². The lowest BCUT2D eigenvalue weighted by molar-refractivity contribution is 0.102. The van der Waals surface area contributed by atoms with Gasteiger partial charge in [-0.1, -0.05) is 12.1 Å². The molecule has 6 nitrogen and oxygen atoms in total. The van der Waals surface area contributed by atoms with Gasteiger partial charge in [-0.3, -0.25) is 9.78 Å². The third-order valence-corrected chi connectivity index (χ3v) is 5.23. The van der Waals surface area contributed by atoms with E-state index < -0.39 is 0 Å². The van der Waals surface area contributed by atoms with Gasteiger partial charge in [-0.05, 0) is 55.9 Å². The summed E-state index contributed by atoms with van der Waals surface area (Å²) in [5, 5.41) is 2.82. The molecule has 1 aromatic carbocycles. The fraction of sp³-hybridized carbons (Fsp3) is 0.261. The number of piperazine rings is 1. The Kier molecular flexibility index (Phi) is 5.53. The summed E-state index contributed by atoms with van der Waals surface area (Å²) in [7, 11) is 2.16. The van der Waals surface area contributed by atoms with Crippen LogP contribution in [0.15, 0.2) is 60.9 Å². The van der Waals surface area contributed by atoms with E-state index in [0.717, 1.165) is 43.0 Å². The summed E-state index contributed by atoms with van der Waals surface area (Å²) in [6.07, 6.45) is 3.37. The number of carbonyl (C=O) groups excluding carboxylic acids is 1. The van der Waals surface area contributed by atoms with E-state index in [4.69, 9.17) is 0 Å². The minimum absolute atomic E-state index is 0.213. The van der Waals surface area contributed by atoms with Crippen LogP contribution in [0.1, 0.15) is 16.1 Å². The van der Waals surface area contributed by atoms with Crippen LogP contribution in [0.5, 0.6) is 0 Å². The monoisotopic (exact) mass is 387 g/mol. The lowest BCUT2D eigenvalue weighted by Crippen LogP contribution is -2.44. The van der Waals surface area contributed by atoms with E-state index in [2.05, 4.69) is 56.4 Å². The van der Waals surface area contributed by atoms with Crippen molar-refractivity contribution < 1.29 is 4.79 Å². The summed E-state index contributed by atoms with van der Waals surface area (Å²) in [4.78, 5) is 25.7. The molecule has 0 unspecified atom stereocenters. The van der Waals surface area contributed by atoms with E-state index in [9.17, 15) is 4.79 Å². The third kappa shape index (κ3) is 4.60. The normalized spacial score (nSPS) is 14.6. The predicted molar refractivity (Wildman–Crippen MR) is 116 cm³/mol. The van der Waals surface area contributed by atoms with E-state index in [1.165, 1.54) is 5.69 Å². The largest absolute Gasteiger partial charge is 0.369 e. The highest BCUT2D eigenvalue weighted by Crippen LogP contribution is 2.25. The van der Waals surface area contributed by atoms with Crippen molar-refractivity contribution in [2.45, 2.75) is 6.92 Å². The smallest absolute Gasteiger partial charge is 0.258 e. The van der Waals surface area contributed by atoms with Crippen LogP contribution in [-0.4, -0.2) is 54.0 Å². The van der Waals surface area contributed by atoms with Crippen LogP contribution < -0.4 is 10.2 Å². The van der Waals surface area contributed by atoms with Gasteiger partial charge in [0.2, 0.25) is 0 Å². The Morgan fingerprint density at radius 2 is 1.76 bits per heavy atom. The van der Waals surface area contributed by atoms with E-state index >= 15 is 0 Å². The molecular formula is C23H25N5O. The molecule has 2 aromatic heterocycles. The average Bonchev–Trinajstić information content (AvgIpc) is 2.75. The molecule has 1 saturated heterocycles. The first kappa shape index (κ1) is 19.1. The Labute approximate surface area is 171 Å². The molecule has 0 spiro atoms. The summed E-state index contributed by atoms with van der Waals surface area (Å²) in [5.41, 5.74) is 4.77. The topological polar surface area (TPSA) is 61.4 Å². The Morgan fingerprint density at radius 3 is 2.45 bits per heavy atom. The van der Waals surface area contributed by atoms with Crippen LogP contribution in [0.3, 0.4) is 0 Å². The van der Waals surface area contributed by atoms with Gasteiger partial charge >= 0.3 is 0 Å². The van der Waals surface area contributed by atoms with Crippen LogP contribution >= 0.6 is 0 Å². The number of anilines is 2. The van der Waals surface area contributed by atoms with Crippen molar-refractivity contribution in [1.29, 1.82) is 0 Å². The van der Waals surface area contributed by atoms with Crippen molar-refractivity contribution in [3.05, 3.63) is 72.2 Å². The molecule has 0 atom stereocenters. The first-order valence-corrected chi connectivity index (χ1v) is 9.82. The molecule has 1 N–H and O–H groups in total. The van der Waals surface area contributed by atoms with Crippen LogP contribution in [0, 0.1) is 6.92 Å². The highest BCUT2D eigenvalue weighted by molar-refractivity contribution is 6.03. The van der Waals surface area contributed by atoms with E-state index in [1.54, 1.807) is 18.5 Å². The Bertz CT molecular complexity index is 977. The number of aromatic nitrogens is 2. The molecule has 4 rings (SSSR count). The first-order chi connectivity index (χ1) is 14.1. The second kappa shape index (κ2) is 8.41. The molecule has 0 aliphatic carbocycles. The van der Waals surface area contributed by atoms with Crippen LogP contribution in [0.4, 0.5) is 11.5 Å². The second-order valence-corrected chi connectivity index (χ2v) is 7.42. The summed E-state index contributed by atoms with van der Waals surface area (Å²) < 4.78 is 0. The molecule has 0 bridgehead atoms.